The number of hydrogen-bond donors (Lipinski definition) is 2. The van der Waals surface area contributed by atoms with Gasteiger partial charge in [-0.2, -0.15) is 5.10 Å². The molecule has 0 spiro atoms. The number of nitrogens with zero attached hydrogens (tertiary/aromatic N) is 3. The van der Waals surface area contributed by atoms with E-state index in [1.165, 1.54) is 5.56 Å². The van der Waals surface area contributed by atoms with Crippen molar-refractivity contribution in [2.45, 2.75) is 38.1 Å². The normalized spacial score (nSPS) is 16.1. The van der Waals surface area contributed by atoms with E-state index in [0.29, 0.717) is 0 Å². The highest BCUT2D eigenvalue weighted by Crippen LogP contribution is 2.35. The predicted octanol–water partition coefficient (Wildman–Crippen LogP) is 3.96. The highest BCUT2D eigenvalue weighted by molar-refractivity contribution is 14.0. The van der Waals surface area contributed by atoms with Gasteiger partial charge in [-0.3, -0.25) is 9.67 Å². The molecule has 0 atom stereocenters. The van der Waals surface area contributed by atoms with Gasteiger partial charge in [0, 0.05) is 55.1 Å². The van der Waals surface area contributed by atoms with E-state index in [-0.39, 0.29) is 29.4 Å². The van der Waals surface area contributed by atoms with E-state index in [0.717, 1.165) is 69.1 Å². The lowest BCUT2D eigenvalue weighted by atomic mass is 9.74. The van der Waals surface area contributed by atoms with Gasteiger partial charge in [-0.1, -0.05) is 28.1 Å². The Morgan fingerprint density at radius 3 is 2.66 bits per heavy atom. The first kappa shape index (κ1) is 24.1. The van der Waals surface area contributed by atoms with E-state index >= 15 is 0 Å². The fraction of sp³-hybridized carbons (Fsp3) is 0.524. The summed E-state index contributed by atoms with van der Waals surface area (Å²) in [6.07, 6.45) is 6.80. The molecule has 2 aromatic rings. The van der Waals surface area contributed by atoms with Crippen LogP contribution in [0.4, 0.5) is 0 Å². The minimum Gasteiger partial charge on any atom is -0.381 e. The molecule has 1 saturated heterocycles. The third kappa shape index (κ3) is 7.25. The zero-order chi connectivity index (χ0) is 19.7. The van der Waals surface area contributed by atoms with Gasteiger partial charge in [-0.25, -0.2) is 0 Å². The maximum absolute atomic E-state index is 5.64. The fourth-order valence-corrected chi connectivity index (χ4v) is 3.82. The van der Waals surface area contributed by atoms with E-state index in [1.807, 2.05) is 23.1 Å². The van der Waals surface area contributed by atoms with Gasteiger partial charge in [0.2, 0.25) is 0 Å². The van der Waals surface area contributed by atoms with Gasteiger partial charge in [0.1, 0.15) is 0 Å². The van der Waals surface area contributed by atoms with E-state index in [1.54, 1.807) is 0 Å². The second-order valence-electron chi connectivity index (χ2n) is 7.14. The van der Waals surface area contributed by atoms with Gasteiger partial charge in [0.05, 0.1) is 6.54 Å². The van der Waals surface area contributed by atoms with Crippen molar-refractivity contribution < 1.29 is 4.74 Å². The minimum atomic E-state index is 0. The van der Waals surface area contributed by atoms with Crippen LogP contribution >= 0.6 is 39.9 Å². The standard InChI is InChI=1S/C21H30BrN5O.HI/c1-2-23-20(24-11-3-13-27-14-4-12-26-27)25-17-21(9-15-28-16-10-21)18-5-7-19(22)8-6-18;/h4-8,12,14H,2-3,9-11,13,15-17H2,1H3,(H2,23,24,25);1H. The first-order chi connectivity index (χ1) is 13.7. The summed E-state index contributed by atoms with van der Waals surface area (Å²) < 4.78 is 8.70. The van der Waals surface area contributed by atoms with Gasteiger partial charge in [-0.15, -0.1) is 24.0 Å². The Labute approximate surface area is 199 Å². The van der Waals surface area contributed by atoms with Crippen LogP contribution in [0.3, 0.4) is 0 Å². The van der Waals surface area contributed by atoms with Crippen LogP contribution in [-0.4, -0.2) is 48.6 Å². The summed E-state index contributed by atoms with van der Waals surface area (Å²) in [5, 5.41) is 11.1. The zero-order valence-electron chi connectivity index (χ0n) is 16.9. The second kappa shape index (κ2) is 12.5. The molecule has 0 saturated carbocycles. The number of aliphatic imine (C=N–C) groups is 1. The van der Waals surface area contributed by atoms with Crippen LogP contribution in [0.15, 0.2) is 52.2 Å². The summed E-state index contributed by atoms with van der Waals surface area (Å²) >= 11 is 3.54. The SMILES string of the molecule is CCNC(=NCC1(c2ccc(Br)cc2)CCOCC1)NCCCn1cccn1.I. The minimum absolute atomic E-state index is 0. The van der Waals surface area contributed by atoms with Gasteiger partial charge < -0.3 is 15.4 Å². The molecule has 2 N–H and O–H groups in total. The number of benzene rings is 1. The molecule has 0 bridgehead atoms. The quantitative estimate of drug-likeness (QED) is 0.216. The maximum Gasteiger partial charge on any atom is 0.191 e. The van der Waals surface area contributed by atoms with Crippen molar-refractivity contribution in [3.63, 3.8) is 0 Å². The Bertz CT molecular complexity index is 730. The molecule has 1 aromatic heterocycles. The average Bonchev–Trinajstić information content (AvgIpc) is 3.24. The van der Waals surface area contributed by atoms with Crippen molar-refractivity contribution in [2.75, 3.05) is 32.8 Å². The Balaban J connectivity index is 0.00000300. The van der Waals surface area contributed by atoms with Crippen LogP contribution < -0.4 is 10.6 Å². The highest BCUT2D eigenvalue weighted by atomic mass is 127. The van der Waals surface area contributed by atoms with Gasteiger partial charge in [0.15, 0.2) is 5.96 Å². The highest BCUT2D eigenvalue weighted by Gasteiger charge is 2.34. The number of rotatable bonds is 8. The lowest BCUT2D eigenvalue weighted by Gasteiger charge is -2.36. The van der Waals surface area contributed by atoms with Crippen LogP contribution in [0.25, 0.3) is 0 Å². The van der Waals surface area contributed by atoms with Crippen molar-refractivity contribution in [2.24, 2.45) is 4.99 Å². The molecule has 0 aliphatic carbocycles. The van der Waals surface area contributed by atoms with Crippen LogP contribution in [0.5, 0.6) is 0 Å². The average molecular weight is 576 g/mol. The van der Waals surface area contributed by atoms with E-state index in [2.05, 4.69) is 62.9 Å². The van der Waals surface area contributed by atoms with Crippen LogP contribution in [0, 0.1) is 0 Å². The van der Waals surface area contributed by atoms with E-state index < -0.39 is 0 Å². The monoisotopic (exact) mass is 575 g/mol. The molecule has 29 heavy (non-hydrogen) atoms. The number of nitrogens with one attached hydrogen (secondary N) is 2. The van der Waals surface area contributed by atoms with Crippen molar-refractivity contribution in [1.82, 2.24) is 20.4 Å². The number of ether oxygens (including phenoxy) is 1. The van der Waals surface area contributed by atoms with Crippen LogP contribution in [0.1, 0.15) is 31.7 Å². The molecule has 2 heterocycles. The van der Waals surface area contributed by atoms with Gasteiger partial charge in [-0.05, 0) is 49.9 Å². The van der Waals surface area contributed by atoms with Crippen molar-refractivity contribution in [1.29, 1.82) is 0 Å². The molecule has 1 aromatic carbocycles. The van der Waals surface area contributed by atoms with Crippen LogP contribution in [-0.2, 0) is 16.7 Å². The molecule has 0 amide bonds. The molecular weight excluding hydrogens is 545 g/mol. The van der Waals surface area contributed by atoms with Crippen LogP contribution in [0.2, 0.25) is 0 Å². The summed E-state index contributed by atoms with van der Waals surface area (Å²) in [5.41, 5.74) is 1.38. The third-order valence-electron chi connectivity index (χ3n) is 5.21. The second-order valence-corrected chi connectivity index (χ2v) is 8.06. The smallest absolute Gasteiger partial charge is 0.191 e. The first-order valence-corrected chi connectivity index (χ1v) is 10.8. The number of aryl methyl sites for hydroxylation is 1. The third-order valence-corrected chi connectivity index (χ3v) is 5.73. The molecule has 1 fully saturated rings. The molecule has 8 heteroatoms. The Morgan fingerprint density at radius 2 is 2.00 bits per heavy atom. The molecule has 1 aliphatic heterocycles. The van der Waals surface area contributed by atoms with Gasteiger partial charge >= 0.3 is 0 Å². The summed E-state index contributed by atoms with van der Waals surface area (Å²) in [5.74, 6) is 0.881. The molecule has 0 radical (unpaired) electrons. The first-order valence-electron chi connectivity index (χ1n) is 10.1. The molecule has 0 unspecified atom stereocenters. The summed E-state index contributed by atoms with van der Waals surface area (Å²) in [4.78, 5) is 4.95. The molecule has 6 nitrogen and oxygen atoms in total. The molecule has 1 aliphatic rings. The summed E-state index contributed by atoms with van der Waals surface area (Å²) in [7, 11) is 0. The van der Waals surface area contributed by atoms with E-state index in [4.69, 9.17) is 9.73 Å². The van der Waals surface area contributed by atoms with Gasteiger partial charge in [0.25, 0.3) is 0 Å². The number of hydrogen-bond acceptors (Lipinski definition) is 3. The summed E-state index contributed by atoms with van der Waals surface area (Å²) in [6.45, 7) is 7.05. The topological polar surface area (TPSA) is 63.5 Å². The lowest BCUT2D eigenvalue weighted by Crippen LogP contribution is -2.41. The molecule has 160 valence electrons. The molecule has 3 rings (SSSR count). The predicted molar refractivity (Wildman–Crippen MR) is 132 cm³/mol. The Kier molecular flexibility index (Phi) is 10.4. The largest absolute Gasteiger partial charge is 0.381 e. The number of guanidine groups is 1. The van der Waals surface area contributed by atoms with Crippen molar-refractivity contribution in [3.8, 4) is 0 Å². The lowest BCUT2D eigenvalue weighted by molar-refractivity contribution is 0.0531. The molecular formula is C21H31BrIN5O. The Morgan fingerprint density at radius 1 is 1.24 bits per heavy atom. The number of aromatic nitrogens is 2. The van der Waals surface area contributed by atoms with Crippen molar-refractivity contribution >= 4 is 45.9 Å². The number of halogens is 2. The Hall–Kier alpha value is -1.13. The maximum atomic E-state index is 5.64. The van der Waals surface area contributed by atoms with Crippen molar-refractivity contribution in [3.05, 3.63) is 52.8 Å². The van der Waals surface area contributed by atoms with E-state index in [9.17, 15) is 0 Å². The fourth-order valence-electron chi connectivity index (χ4n) is 3.56. The summed E-state index contributed by atoms with van der Waals surface area (Å²) in [6, 6.07) is 10.6. The zero-order valence-corrected chi connectivity index (χ0v) is 20.9.